The maximum atomic E-state index is 12.4. The van der Waals surface area contributed by atoms with Crippen LogP contribution in [-0.2, 0) is 0 Å². The summed E-state index contributed by atoms with van der Waals surface area (Å²) in [5.74, 6) is 0.604. The van der Waals surface area contributed by atoms with Crippen LogP contribution in [0, 0.1) is 6.92 Å². The fourth-order valence-electron chi connectivity index (χ4n) is 1.87. The highest BCUT2D eigenvalue weighted by Gasteiger charge is 2.14. The molecule has 0 amide bonds. The first-order valence-electron chi connectivity index (χ1n) is 6.16. The summed E-state index contributed by atoms with van der Waals surface area (Å²) in [6, 6.07) is 12.6. The Morgan fingerprint density at radius 2 is 1.95 bits per heavy atom. The highest BCUT2D eigenvalue weighted by atomic mass is 35.5. The Hall–Kier alpha value is -1.80. The van der Waals surface area contributed by atoms with Gasteiger partial charge in [0.15, 0.2) is 5.78 Å². The fourth-order valence-corrected chi connectivity index (χ4v) is 2.08. The number of hydrogen-bond donors (Lipinski definition) is 0. The van der Waals surface area contributed by atoms with Gasteiger partial charge in [-0.3, -0.25) is 4.79 Å². The smallest absolute Gasteiger partial charge is 0.194 e. The molecule has 0 radical (unpaired) electrons. The Kier molecular flexibility index (Phi) is 4.23. The molecule has 2 aromatic rings. The second-order valence-corrected chi connectivity index (χ2v) is 4.60. The highest BCUT2D eigenvalue weighted by molar-refractivity contribution is 6.35. The largest absolute Gasteiger partial charge is 0.494 e. The first kappa shape index (κ1) is 13.6. The molecule has 0 aliphatic carbocycles. The van der Waals surface area contributed by atoms with Gasteiger partial charge in [-0.2, -0.15) is 0 Å². The maximum absolute atomic E-state index is 12.4. The van der Waals surface area contributed by atoms with Crippen LogP contribution in [0.15, 0.2) is 42.5 Å². The number of halogens is 1. The Balaban J connectivity index is 2.38. The molecule has 2 rings (SSSR count). The molecule has 0 aliphatic rings. The first-order chi connectivity index (χ1) is 9.13. The topological polar surface area (TPSA) is 26.3 Å². The van der Waals surface area contributed by atoms with Crippen molar-refractivity contribution in [3.05, 3.63) is 64.2 Å². The van der Waals surface area contributed by atoms with Gasteiger partial charge in [-0.1, -0.05) is 35.9 Å². The van der Waals surface area contributed by atoms with Gasteiger partial charge < -0.3 is 4.74 Å². The molecule has 3 heteroatoms. The molecule has 0 saturated carbocycles. The number of ketones is 1. The average Bonchev–Trinajstić information content (AvgIpc) is 2.42. The van der Waals surface area contributed by atoms with Gasteiger partial charge in [-0.25, -0.2) is 0 Å². The summed E-state index contributed by atoms with van der Waals surface area (Å²) in [5, 5.41) is 0.509. The van der Waals surface area contributed by atoms with Crippen LogP contribution in [-0.4, -0.2) is 12.4 Å². The summed E-state index contributed by atoms with van der Waals surface area (Å²) >= 11 is 6.19. The quantitative estimate of drug-likeness (QED) is 0.778. The number of rotatable bonds is 4. The van der Waals surface area contributed by atoms with E-state index in [0.717, 1.165) is 5.56 Å². The summed E-state index contributed by atoms with van der Waals surface area (Å²) in [7, 11) is 0. The van der Waals surface area contributed by atoms with Crippen LogP contribution >= 0.6 is 11.6 Å². The van der Waals surface area contributed by atoms with Gasteiger partial charge >= 0.3 is 0 Å². The van der Waals surface area contributed by atoms with Crippen molar-refractivity contribution in [2.75, 3.05) is 6.61 Å². The lowest BCUT2D eigenvalue weighted by atomic mass is 10.0. The Labute approximate surface area is 118 Å². The molecule has 0 atom stereocenters. The second kappa shape index (κ2) is 5.89. The number of ether oxygens (including phenoxy) is 1. The van der Waals surface area contributed by atoms with Crippen LogP contribution in [0.1, 0.15) is 28.4 Å². The van der Waals surface area contributed by atoms with E-state index in [2.05, 4.69) is 0 Å². The molecule has 0 saturated heterocycles. The van der Waals surface area contributed by atoms with Gasteiger partial charge in [0.25, 0.3) is 0 Å². The monoisotopic (exact) mass is 274 g/mol. The molecule has 19 heavy (non-hydrogen) atoms. The van der Waals surface area contributed by atoms with Crippen molar-refractivity contribution >= 4 is 17.4 Å². The van der Waals surface area contributed by atoms with Crippen LogP contribution in [0.2, 0.25) is 5.02 Å². The number of benzene rings is 2. The van der Waals surface area contributed by atoms with E-state index in [1.807, 2.05) is 38.1 Å². The third-order valence-corrected chi connectivity index (χ3v) is 3.35. The standard InChI is InChI=1S/C16H15ClO2/c1-3-19-13-8-5-7-12(10-13)16(18)14-9-4-6-11(2)15(14)17/h4-10H,3H2,1-2H3. The summed E-state index contributed by atoms with van der Waals surface area (Å²) < 4.78 is 5.40. The molecule has 98 valence electrons. The molecule has 0 spiro atoms. The van der Waals surface area contributed by atoms with Crippen molar-refractivity contribution in [2.24, 2.45) is 0 Å². The minimum atomic E-state index is -0.0877. The van der Waals surface area contributed by atoms with Gasteiger partial charge in [-0.15, -0.1) is 0 Å². The summed E-state index contributed by atoms with van der Waals surface area (Å²) in [6.07, 6.45) is 0. The predicted octanol–water partition coefficient (Wildman–Crippen LogP) is 4.28. The Morgan fingerprint density at radius 1 is 1.21 bits per heavy atom. The van der Waals surface area contributed by atoms with Crippen molar-refractivity contribution in [1.82, 2.24) is 0 Å². The van der Waals surface area contributed by atoms with E-state index in [4.69, 9.17) is 16.3 Å². The summed E-state index contributed by atoms with van der Waals surface area (Å²) in [6.45, 7) is 4.37. The average molecular weight is 275 g/mol. The van der Waals surface area contributed by atoms with E-state index in [1.54, 1.807) is 18.2 Å². The Bertz CT molecular complexity index is 605. The minimum absolute atomic E-state index is 0.0877. The lowest BCUT2D eigenvalue weighted by Gasteiger charge is -2.08. The molecule has 2 nitrogen and oxygen atoms in total. The van der Waals surface area contributed by atoms with E-state index < -0.39 is 0 Å². The van der Waals surface area contributed by atoms with Crippen LogP contribution in [0.5, 0.6) is 5.75 Å². The third-order valence-electron chi connectivity index (χ3n) is 2.84. The van der Waals surface area contributed by atoms with E-state index in [9.17, 15) is 4.79 Å². The molecule has 0 fully saturated rings. The van der Waals surface area contributed by atoms with Gasteiger partial charge in [0.2, 0.25) is 0 Å². The summed E-state index contributed by atoms with van der Waals surface area (Å²) in [5.41, 5.74) is 2.00. The molecular weight excluding hydrogens is 260 g/mol. The van der Waals surface area contributed by atoms with Gasteiger partial charge in [0.05, 0.1) is 11.6 Å². The summed E-state index contributed by atoms with van der Waals surface area (Å²) in [4.78, 5) is 12.4. The first-order valence-corrected chi connectivity index (χ1v) is 6.54. The highest BCUT2D eigenvalue weighted by Crippen LogP contribution is 2.24. The van der Waals surface area contributed by atoms with Crippen molar-refractivity contribution in [3.8, 4) is 5.75 Å². The van der Waals surface area contributed by atoms with E-state index in [1.165, 1.54) is 0 Å². The zero-order valence-corrected chi connectivity index (χ0v) is 11.7. The molecule has 0 unspecified atom stereocenters. The van der Waals surface area contributed by atoms with E-state index in [0.29, 0.717) is 28.5 Å². The fraction of sp³-hybridized carbons (Fsp3) is 0.188. The van der Waals surface area contributed by atoms with E-state index >= 15 is 0 Å². The zero-order valence-electron chi connectivity index (χ0n) is 10.9. The van der Waals surface area contributed by atoms with Crippen LogP contribution in [0.4, 0.5) is 0 Å². The molecule has 0 aromatic heterocycles. The minimum Gasteiger partial charge on any atom is -0.494 e. The van der Waals surface area contributed by atoms with E-state index in [-0.39, 0.29) is 5.78 Å². The van der Waals surface area contributed by atoms with Gasteiger partial charge in [0, 0.05) is 11.1 Å². The molecule has 0 heterocycles. The van der Waals surface area contributed by atoms with Crippen molar-refractivity contribution in [3.63, 3.8) is 0 Å². The van der Waals surface area contributed by atoms with Gasteiger partial charge in [-0.05, 0) is 37.6 Å². The number of carbonyl (C=O) groups is 1. The van der Waals surface area contributed by atoms with Crippen LogP contribution in [0.3, 0.4) is 0 Å². The molecule has 2 aromatic carbocycles. The molecule has 0 N–H and O–H groups in total. The number of carbonyl (C=O) groups excluding carboxylic acids is 1. The number of aryl methyl sites for hydroxylation is 1. The third kappa shape index (κ3) is 2.96. The number of hydrogen-bond acceptors (Lipinski definition) is 2. The SMILES string of the molecule is CCOc1cccc(C(=O)c2cccc(C)c2Cl)c1. The van der Waals surface area contributed by atoms with Crippen LogP contribution < -0.4 is 4.74 Å². The van der Waals surface area contributed by atoms with Crippen molar-refractivity contribution in [2.45, 2.75) is 13.8 Å². The van der Waals surface area contributed by atoms with Crippen molar-refractivity contribution < 1.29 is 9.53 Å². The predicted molar refractivity (Wildman–Crippen MR) is 77.2 cm³/mol. The lowest BCUT2D eigenvalue weighted by Crippen LogP contribution is -2.03. The normalized spacial score (nSPS) is 10.3. The molecule has 0 aliphatic heterocycles. The zero-order chi connectivity index (χ0) is 13.8. The molecular formula is C16H15ClO2. The maximum Gasteiger partial charge on any atom is 0.194 e. The Morgan fingerprint density at radius 3 is 2.68 bits per heavy atom. The molecule has 0 bridgehead atoms. The van der Waals surface area contributed by atoms with Crippen LogP contribution in [0.25, 0.3) is 0 Å². The second-order valence-electron chi connectivity index (χ2n) is 4.23. The lowest BCUT2D eigenvalue weighted by molar-refractivity contribution is 0.103. The van der Waals surface area contributed by atoms with Crippen molar-refractivity contribution in [1.29, 1.82) is 0 Å². The van der Waals surface area contributed by atoms with Gasteiger partial charge in [0.1, 0.15) is 5.75 Å².